The normalized spacial score (nSPS) is 12.7. The first-order valence-electron chi connectivity index (χ1n) is 8.10. The maximum Gasteiger partial charge on any atom is 0.256 e. The molecule has 0 bridgehead atoms. The van der Waals surface area contributed by atoms with Gasteiger partial charge in [-0.1, -0.05) is 30.3 Å². The third-order valence-electron chi connectivity index (χ3n) is 3.99. The minimum absolute atomic E-state index is 0.220. The molecule has 0 fully saturated rings. The van der Waals surface area contributed by atoms with E-state index in [1.54, 1.807) is 18.3 Å². The number of hydrogen-bond acceptors (Lipinski definition) is 4. The molecule has 6 heteroatoms. The Labute approximate surface area is 154 Å². The molecule has 3 aromatic rings. The van der Waals surface area contributed by atoms with Gasteiger partial charge >= 0.3 is 0 Å². The van der Waals surface area contributed by atoms with Crippen molar-refractivity contribution in [2.24, 2.45) is 0 Å². The smallest absolute Gasteiger partial charge is 0.256 e. The summed E-state index contributed by atoms with van der Waals surface area (Å²) in [5.41, 5.74) is 2.44. The largest absolute Gasteiger partial charge is 0.488 e. The number of nitrogens with one attached hydrogen (secondary N) is 1. The number of thiazole rings is 1. The van der Waals surface area contributed by atoms with Gasteiger partial charge in [-0.3, -0.25) is 10.1 Å². The zero-order chi connectivity index (χ0) is 17.9. The zero-order valence-electron chi connectivity index (χ0n) is 13.7. The lowest BCUT2D eigenvalue weighted by atomic mass is 10.1. The second-order valence-electron chi connectivity index (χ2n) is 5.89. The van der Waals surface area contributed by atoms with E-state index >= 15 is 0 Å². The van der Waals surface area contributed by atoms with Crippen LogP contribution in [0.4, 0.5) is 9.52 Å². The van der Waals surface area contributed by atoms with E-state index in [2.05, 4.69) is 10.3 Å². The van der Waals surface area contributed by atoms with E-state index in [0.29, 0.717) is 17.1 Å². The van der Waals surface area contributed by atoms with Gasteiger partial charge in [0.2, 0.25) is 0 Å². The molecule has 0 saturated carbocycles. The first-order valence-corrected chi connectivity index (χ1v) is 8.92. The van der Waals surface area contributed by atoms with Gasteiger partial charge in [-0.15, -0.1) is 11.3 Å². The quantitative estimate of drug-likeness (QED) is 0.749. The van der Waals surface area contributed by atoms with Crippen molar-refractivity contribution < 1.29 is 13.9 Å². The summed E-state index contributed by atoms with van der Waals surface area (Å²) in [4.78, 5) is 17.7. The number of anilines is 1. The van der Waals surface area contributed by atoms with Crippen molar-refractivity contribution in [3.8, 4) is 5.75 Å². The molecule has 0 radical (unpaired) electrons. The summed E-state index contributed by atoms with van der Waals surface area (Å²) in [6.07, 6.45) is 4.21. The number of fused-ring (bicyclic) bond motifs is 1. The van der Waals surface area contributed by atoms with Crippen LogP contribution in [-0.4, -0.2) is 17.5 Å². The standard InChI is InChI=1S/C20H15FN2O2S/c21-16-7-5-13(6-8-16)9-17-11-22-20(26-17)23-19(24)15-10-14-3-1-2-4-18(14)25-12-15/h1-8,10-11H,9,12H2,(H,22,23,24). The second kappa shape index (κ2) is 7.09. The van der Waals surface area contributed by atoms with Gasteiger partial charge in [0.1, 0.15) is 18.2 Å². The Bertz CT molecular complexity index is 979. The van der Waals surface area contributed by atoms with Crippen LogP contribution in [0.15, 0.2) is 60.3 Å². The predicted molar refractivity (Wildman–Crippen MR) is 99.9 cm³/mol. The summed E-state index contributed by atoms with van der Waals surface area (Å²) >= 11 is 1.41. The first-order chi connectivity index (χ1) is 12.7. The van der Waals surface area contributed by atoms with Gasteiger partial charge in [0.15, 0.2) is 5.13 Å². The van der Waals surface area contributed by atoms with Crippen LogP contribution in [0.3, 0.4) is 0 Å². The van der Waals surface area contributed by atoms with Crippen LogP contribution in [0, 0.1) is 5.82 Å². The van der Waals surface area contributed by atoms with Crippen molar-refractivity contribution in [1.29, 1.82) is 0 Å². The topological polar surface area (TPSA) is 51.2 Å². The monoisotopic (exact) mass is 366 g/mol. The van der Waals surface area contributed by atoms with E-state index in [1.807, 2.05) is 30.3 Å². The number of carbonyl (C=O) groups is 1. The van der Waals surface area contributed by atoms with Crippen LogP contribution < -0.4 is 10.1 Å². The number of hydrogen-bond donors (Lipinski definition) is 1. The van der Waals surface area contributed by atoms with Crippen molar-refractivity contribution >= 4 is 28.5 Å². The Morgan fingerprint density at radius 1 is 1.19 bits per heavy atom. The molecule has 1 aliphatic heterocycles. The van der Waals surface area contributed by atoms with Crippen LogP contribution in [0.25, 0.3) is 6.08 Å². The summed E-state index contributed by atoms with van der Waals surface area (Å²) in [6.45, 7) is 0.233. The van der Waals surface area contributed by atoms with Crippen LogP contribution in [0.5, 0.6) is 5.75 Å². The molecule has 0 unspecified atom stereocenters. The highest BCUT2D eigenvalue weighted by molar-refractivity contribution is 7.15. The lowest BCUT2D eigenvalue weighted by molar-refractivity contribution is -0.113. The Hall–Kier alpha value is -2.99. The van der Waals surface area contributed by atoms with Gasteiger partial charge in [-0.25, -0.2) is 9.37 Å². The molecule has 0 saturated heterocycles. The van der Waals surface area contributed by atoms with Crippen LogP contribution >= 0.6 is 11.3 Å². The molecule has 4 rings (SSSR count). The van der Waals surface area contributed by atoms with Crippen molar-refractivity contribution in [2.75, 3.05) is 11.9 Å². The molecular weight excluding hydrogens is 351 g/mol. The van der Waals surface area contributed by atoms with E-state index in [0.717, 1.165) is 21.8 Å². The predicted octanol–water partition coefficient (Wildman–Crippen LogP) is 4.29. The van der Waals surface area contributed by atoms with Crippen molar-refractivity contribution in [3.05, 3.63) is 82.1 Å². The average molecular weight is 366 g/mol. The number of rotatable bonds is 4. The van der Waals surface area contributed by atoms with Crippen molar-refractivity contribution in [1.82, 2.24) is 4.98 Å². The van der Waals surface area contributed by atoms with E-state index < -0.39 is 0 Å². The summed E-state index contributed by atoms with van der Waals surface area (Å²) in [5.74, 6) is 0.303. The van der Waals surface area contributed by atoms with Gasteiger partial charge in [0.05, 0.1) is 5.57 Å². The van der Waals surface area contributed by atoms with Crippen molar-refractivity contribution in [2.45, 2.75) is 6.42 Å². The fraction of sp³-hybridized carbons (Fsp3) is 0.100. The Kier molecular flexibility index (Phi) is 4.50. The van der Waals surface area contributed by atoms with Gasteiger partial charge in [0, 0.05) is 23.1 Å². The van der Waals surface area contributed by atoms with Crippen LogP contribution in [0.2, 0.25) is 0 Å². The Morgan fingerprint density at radius 3 is 2.85 bits per heavy atom. The molecular formula is C20H15FN2O2S. The highest BCUT2D eigenvalue weighted by atomic mass is 32.1. The second-order valence-corrected chi connectivity index (χ2v) is 7.00. The highest BCUT2D eigenvalue weighted by Crippen LogP contribution is 2.27. The van der Waals surface area contributed by atoms with E-state index in [1.165, 1.54) is 23.5 Å². The summed E-state index contributed by atoms with van der Waals surface area (Å²) in [7, 11) is 0. The van der Waals surface area contributed by atoms with Crippen LogP contribution in [0.1, 0.15) is 16.0 Å². The van der Waals surface area contributed by atoms with Gasteiger partial charge in [-0.05, 0) is 29.8 Å². The fourth-order valence-electron chi connectivity index (χ4n) is 2.68. The fourth-order valence-corrected chi connectivity index (χ4v) is 3.52. The number of halogens is 1. The summed E-state index contributed by atoms with van der Waals surface area (Å²) < 4.78 is 18.6. The molecule has 1 aliphatic rings. The third kappa shape index (κ3) is 3.65. The molecule has 1 amide bonds. The molecule has 0 spiro atoms. The number of para-hydroxylation sites is 1. The molecule has 26 heavy (non-hydrogen) atoms. The van der Waals surface area contributed by atoms with E-state index in [9.17, 15) is 9.18 Å². The van der Waals surface area contributed by atoms with E-state index in [4.69, 9.17) is 4.74 Å². The maximum absolute atomic E-state index is 13.0. The molecule has 0 atom stereocenters. The minimum atomic E-state index is -0.254. The van der Waals surface area contributed by atoms with Crippen molar-refractivity contribution in [3.63, 3.8) is 0 Å². The lowest BCUT2D eigenvalue weighted by Gasteiger charge is -2.16. The molecule has 130 valence electrons. The first kappa shape index (κ1) is 16.5. The number of carbonyl (C=O) groups excluding carboxylic acids is 1. The van der Waals surface area contributed by atoms with E-state index in [-0.39, 0.29) is 18.3 Å². The SMILES string of the molecule is O=C(Nc1ncc(Cc2ccc(F)cc2)s1)C1=Cc2ccccc2OC1. The molecule has 1 aromatic heterocycles. The Morgan fingerprint density at radius 2 is 2.00 bits per heavy atom. The molecule has 2 heterocycles. The lowest BCUT2D eigenvalue weighted by Crippen LogP contribution is -2.21. The number of benzene rings is 2. The zero-order valence-corrected chi connectivity index (χ0v) is 14.6. The molecule has 2 aromatic carbocycles. The van der Waals surface area contributed by atoms with Crippen LogP contribution in [-0.2, 0) is 11.2 Å². The minimum Gasteiger partial charge on any atom is -0.488 e. The molecule has 0 aliphatic carbocycles. The molecule has 1 N–H and O–H groups in total. The number of aromatic nitrogens is 1. The number of ether oxygens (including phenoxy) is 1. The molecule has 4 nitrogen and oxygen atoms in total. The maximum atomic E-state index is 13.0. The number of amides is 1. The summed E-state index contributed by atoms with van der Waals surface area (Å²) in [6, 6.07) is 14.0. The van der Waals surface area contributed by atoms with Gasteiger partial charge < -0.3 is 4.74 Å². The summed E-state index contributed by atoms with van der Waals surface area (Å²) in [5, 5.41) is 3.35. The average Bonchev–Trinajstić information content (AvgIpc) is 3.10. The Balaban J connectivity index is 1.43. The highest BCUT2D eigenvalue weighted by Gasteiger charge is 2.18. The van der Waals surface area contributed by atoms with Gasteiger partial charge in [-0.2, -0.15) is 0 Å². The number of nitrogens with zero attached hydrogens (tertiary/aromatic N) is 1. The van der Waals surface area contributed by atoms with Gasteiger partial charge in [0.25, 0.3) is 5.91 Å². The third-order valence-corrected chi connectivity index (χ3v) is 4.90.